The van der Waals surface area contributed by atoms with Gasteiger partial charge in [0.05, 0.1) is 0 Å². The monoisotopic (exact) mass is 396 g/mol. The summed E-state index contributed by atoms with van der Waals surface area (Å²) >= 11 is 0. The smallest absolute Gasteiger partial charge is 0.265 e. The number of carbonyl (C=O) groups is 1. The molecule has 5 heteroatoms. The SMILES string of the molecule is CCc1ccc(O[C@@H](CC)C(=O)Nc2ccc(OC3CCN(C)CC3)cc2)cc1. The summed E-state index contributed by atoms with van der Waals surface area (Å²) in [6, 6.07) is 15.5. The van der Waals surface area contributed by atoms with E-state index in [0.717, 1.165) is 43.8 Å². The van der Waals surface area contributed by atoms with E-state index in [2.05, 4.69) is 24.2 Å². The molecule has 1 amide bonds. The van der Waals surface area contributed by atoms with E-state index in [0.29, 0.717) is 12.2 Å². The van der Waals surface area contributed by atoms with E-state index in [-0.39, 0.29) is 12.0 Å². The lowest BCUT2D eigenvalue weighted by atomic mass is 10.1. The number of benzene rings is 2. The van der Waals surface area contributed by atoms with Crippen LogP contribution in [0.15, 0.2) is 48.5 Å². The maximum atomic E-state index is 12.6. The highest BCUT2D eigenvalue weighted by molar-refractivity contribution is 5.94. The molecule has 0 aromatic heterocycles. The van der Waals surface area contributed by atoms with Gasteiger partial charge in [0.25, 0.3) is 5.91 Å². The van der Waals surface area contributed by atoms with Crippen molar-refractivity contribution in [2.45, 2.75) is 51.7 Å². The number of anilines is 1. The minimum atomic E-state index is -0.530. The number of carbonyl (C=O) groups excluding carboxylic acids is 1. The Morgan fingerprint density at radius 1 is 1.03 bits per heavy atom. The maximum absolute atomic E-state index is 12.6. The zero-order chi connectivity index (χ0) is 20.6. The molecule has 2 aromatic carbocycles. The minimum absolute atomic E-state index is 0.143. The fourth-order valence-corrected chi connectivity index (χ4v) is 3.43. The summed E-state index contributed by atoms with van der Waals surface area (Å²) < 4.78 is 12.0. The predicted molar refractivity (Wildman–Crippen MR) is 117 cm³/mol. The van der Waals surface area contributed by atoms with Crippen LogP contribution in [0.1, 0.15) is 38.7 Å². The van der Waals surface area contributed by atoms with Gasteiger partial charge in [-0.2, -0.15) is 0 Å². The number of ether oxygens (including phenoxy) is 2. The highest BCUT2D eigenvalue weighted by Crippen LogP contribution is 2.22. The Hall–Kier alpha value is -2.53. The topological polar surface area (TPSA) is 50.8 Å². The molecule has 0 aliphatic carbocycles. The van der Waals surface area contributed by atoms with E-state index in [1.165, 1.54) is 5.56 Å². The molecule has 29 heavy (non-hydrogen) atoms. The van der Waals surface area contributed by atoms with Crippen LogP contribution < -0.4 is 14.8 Å². The summed E-state index contributed by atoms with van der Waals surface area (Å²) in [5.74, 6) is 1.42. The van der Waals surface area contributed by atoms with E-state index >= 15 is 0 Å². The van der Waals surface area contributed by atoms with Crippen molar-refractivity contribution in [3.63, 3.8) is 0 Å². The second-order valence-corrected chi connectivity index (χ2v) is 7.65. The number of hydrogen-bond donors (Lipinski definition) is 1. The Morgan fingerprint density at radius 2 is 1.66 bits per heavy atom. The van der Waals surface area contributed by atoms with E-state index in [1.807, 2.05) is 55.5 Å². The van der Waals surface area contributed by atoms with Crippen LogP contribution in [0.2, 0.25) is 0 Å². The molecule has 0 radical (unpaired) electrons. The molecule has 1 fully saturated rings. The second kappa shape index (κ2) is 10.3. The summed E-state index contributed by atoms with van der Waals surface area (Å²) in [6.45, 7) is 6.20. The molecule has 1 aliphatic heterocycles. The Kier molecular flexibility index (Phi) is 7.53. The van der Waals surface area contributed by atoms with Crippen LogP contribution >= 0.6 is 0 Å². The molecule has 2 aromatic rings. The standard InChI is InChI=1S/C24H32N2O3/c1-4-18-6-10-21(11-7-18)29-23(5-2)24(27)25-19-8-12-20(13-9-19)28-22-14-16-26(3)17-15-22/h6-13,22-23H,4-5,14-17H2,1-3H3,(H,25,27)/t23-/m0/s1. The van der Waals surface area contributed by atoms with Crippen LogP contribution in [0.5, 0.6) is 11.5 Å². The van der Waals surface area contributed by atoms with Crippen molar-refractivity contribution in [2.75, 3.05) is 25.5 Å². The van der Waals surface area contributed by atoms with Crippen LogP contribution in [0.4, 0.5) is 5.69 Å². The maximum Gasteiger partial charge on any atom is 0.265 e. The van der Waals surface area contributed by atoms with Crippen LogP contribution in [0, 0.1) is 0 Å². The van der Waals surface area contributed by atoms with Gasteiger partial charge in [0.2, 0.25) is 0 Å². The van der Waals surface area contributed by atoms with E-state index < -0.39 is 6.10 Å². The van der Waals surface area contributed by atoms with Crippen molar-refractivity contribution >= 4 is 11.6 Å². The molecule has 0 saturated carbocycles. The number of likely N-dealkylation sites (tertiary alicyclic amines) is 1. The fraction of sp³-hybridized carbons (Fsp3) is 0.458. The first-order valence-corrected chi connectivity index (χ1v) is 10.6. The molecular weight excluding hydrogens is 364 g/mol. The Bertz CT molecular complexity index is 766. The van der Waals surface area contributed by atoms with Gasteiger partial charge in [0.15, 0.2) is 6.10 Å². The molecule has 1 atom stereocenters. The van der Waals surface area contributed by atoms with Crippen molar-refractivity contribution in [1.29, 1.82) is 0 Å². The molecule has 1 aliphatic rings. The lowest BCUT2D eigenvalue weighted by Crippen LogP contribution is -2.35. The first-order valence-electron chi connectivity index (χ1n) is 10.6. The van der Waals surface area contributed by atoms with Gasteiger partial charge in [-0.1, -0.05) is 26.0 Å². The molecule has 0 spiro atoms. The number of rotatable bonds is 8. The van der Waals surface area contributed by atoms with Crippen molar-refractivity contribution in [1.82, 2.24) is 4.90 Å². The zero-order valence-corrected chi connectivity index (χ0v) is 17.7. The summed E-state index contributed by atoms with van der Waals surface area (Å²) in [5, 5.41) is 2.95. The Labute approximate surface area is 174 Å². The number of nitrogens with zero attached hydrogens (tertiary/aromatic N) is 1. The number of hydrogen-bond acceptors (Lipinski definition) is 4. The second-order valence-electron chi connectivity index (χ2n) is 7.65. The van der Waals surface area contributed by atoms with Gasteiger partial charge in [0.1, 0.15) is 17.6 Å². The molecule has 156 valence electrons. The van der Waals surface area contributed by atoms with Gasteiger partial charge in [-0.05, 0) is 74.7 Å². The third-order valence-electron chi connectivity index (χ3n) is 5.36. The molecule has 1 saturated heterocycles. The molecule has 1 N–H and O–H groups in total. The summed E-state index contributed by atoms with van der Waals surface area (Å²) in [5.41, 5.74) is 1.99. The van der Waals surface area contributed by atoms with E-state index in [9.17, 15) is 4.79 Å². The molecule has 0 bridgehead atoms. The average molecular weight is 397 g/mol. The van der Waals surface area contributed by atoms with Gasteiger partial charge in [0, 0.05) is 18.8 Å². The molecular formula is C24H32N2O3. The zero-order valence-electron chi connectivity index (χ0n) is 17.7. The molecule has 5 nitrogen and oxygen atoms in total. The van der Waals surface area contributed by atoms with Gasteiger partial charge in [-0.3, -0.25) is 4.79 Å². The first-order chi connectivity index (χ1) is 14.1. The third-order valence-corrected chi connectivity index (χ3v) is 5.36. The largest absolute Gasteiger partial charge is 0.490 e. The van der Waals surface area contributed by atoms with E-state index in [4.69, 9.17) is 9.47 Å². The quantitative estimate of drug-likeness (QED) is 0.713. The highest BCUT2D eigenvalue weighted by atomic mass is 16.5. The summed E-state index contributed by atoms with van der Waals surface area (Å²) in [6.07, 6.45) is 3.41. The van der Waals surface area contributed by atoms with Crippen molar-refractivity contribution in [3.05, 3.63) is 54.1 Å². The summed E-state index contributed by atoms with van der Waals surface area (Å²) in [4.78, 5) is 15.0. The van der Waals surface area contributed by atoms with Crippen LogP contribution in [0.3, 0.4) is 0 Å². The minimum Gasteiger partial charge on any atom is -0.490 e. The fourth-order valence-electron chi connectivity index (χ4n) is 3.43. The van der Waals surface area contributed by atoms with Gasteiger partial charge in [-0.25, -0.2) is 0 Å². The van der Waals surface area contributed by atoms with Crippen molar-refractivity contribution in [3.8, 4) is 11.5 Å². The Balaban J connectivity index is 1.52. The first kappa shape index (κ1) is 21.2. The lowest BCUT2D eigenvalue weighted by Gasteiger charge is -2.29. The van der Waals surface area contributed by atoms with Gasteiger partial charge in [-0.15, -0.1) is 0 Å². The van der Waals surface area contributed by atoms with Crippen LogP contribution in [-0.2, 0) is 11.2 Å². The molecule has 1 heterocycles. The van der Waals surface area contributed by atoms with Crippen LogP contribution in [0.25, 0.3) is 0 Å². The summed E-state index contributed by atoms with van der Waals surface area (Å²) in [7, 11) is 2.14. The number of amides is 1. The van der Waals surface area contributed by atoms with Crippen molar-refractivity contribution < 1.29 is 14.3 Å². The van der Waals surface area contributed by atoms with Crippen molar-refractivity contribution in [2.24, 2.45) is 0 Å². The van der Waals surface area contributed by atoms with Gasteiger partial charge < -0.3 is 19.7 Å². The highest BCUT2D eigenvalue weighted by Gasteiger charge is 2.20. The van der Waals surface area contributed by atoms with Gasteiger partial charge >= 0.3 is 0 Å². The predicted octanol–water partition coefficient (Wildman–Crippen LogP) is 4.52. The normalized spacial score (nSPS) is 16.2. The van der Waals surface area contributed by atoms with Crippen LogP contribution in [-0.4, -0.2) is 43.2 Å². The molecule has 0 unspecified atom stereocenters. The third kappa shape index (κ3) is 6.23. The average Bonchev–Trinajstić information content (AvgIpc) is 2.75. The van der Waals surface area contributed by atoms with E-state index in [1.54, 1.807) is 0 Å². The Morgan fingerprint density at radius 3 is 2.24 bits per heavy atom. The number of aryl methyl sites for hydroxylation is 1. The number of piperidine rings is 1. The number of nitrogens with one attached hydrogen (secondary N) is 1. The molecule has 3 rings (SSSR count). The lowest BCUT2D eigenvalue weighted by molar-refractivity contribution is -0.122.